The molecule has 0 radical (unpaired) electrons. The lowest BCUT2D eigenvalue weighted by Crippen LogP contribution is -1.86. The van der Waals surface area contributed by atoms with Crippen molar-refractivity contribution in [1.82, 2.24) is 0 Å². The topological polar surface area (TPSA) is 20.2 Å². The Balaban J connectivity index is 3.43. The van der Waals surface area contributed by atoms with Gasteiger partial charge in [-0.25, -0.2) is 4.39 Å². The molecule has 0 aromatic heterocycles. The molecule has 0 atom stereocenters. The highest BCUT2D eigenvalue weighted by Gasteiger charge is 1.92. The second-order valence-electron chi connectivity index (χ2n) is 2.44. The zero-order valence-corrected chi connectivity index (χ0v) is 5.89. The molecule has 0 saturated heterocycles. The van der Waals surface area contributed by atoms with Crippen molar-refractivity contribution in [2.24, 2.45) is 5.92 Å². The summed E-state index contributed by atoms with van der Waals surface area (Å²) in [7, 11) is 0. The third-order valence-corrected chi connectivity index (χ3v) is 0.962. The number of rotatable bonds is 3. The summed E-state index contributed by atoms with van der Waals surface area (Å²) < 4.78 is 12.1. The lowest BCUT2D eigenvalue weighted by Gasteiger charge is -1.96. The van der Waals surface area contributed by atoms with E-state index in [4.69, 9.17) is 5.11 Å². The van der Waals surface area contributed by atoms with Crippen LogP contribution in [-0.2, 0) is 0 Å². The Labute approximate surface area is 55.2 Å². The van der Waals surface area contributed by atoms with Gasteiger partial charge in [-0.05, 0) is 12.3 Å². The van der Waals surface area contributed by atoms with Crippen LogP contribution in [0.2, 0.25) is 0 Å². The summed E-state index contributed by atoms with van der Waals surface area (Å²) in [6.07, 6.45) is 2.12. The lowest BCUT2D eigenvalue weighted by molar-refractivity contribution is 0.297. The molecule has 0 aromatic carbocycles. The van der Waals surface area contributed by atoms with Gasteiger partial charge in [0, 0.05) is 0 Å². The minimum absolute atomic E-state index is 0.427. The molecule has 0 spiro atoms. The zero-order valence-electron chi connectivity index (χ0n) is 5.89. The van der Waals surface area contributed by atoms with E-state index in [2.05, 4.69) is 0 Å². The maximum atomic E-state index is 12.1. The summed E-state index contributed by atoms with van der Waals surface area (Å²) >= 11 is 0. The van der Waals surface area contributed by atoms with Gasteiger partial charge in [0.25, 0.3) is 0 Å². The molecule has 0 amide bonds. The van der Waals surface area contributed by atoms with Gasteiger partial charge in [0.2, 0.25) is 0 Å². The summed E-state index contributed by atoms with van der Waals surface area (Å²) in [6, 6.07) is 0. The van der Waals surface area contributed by atoms with Crippen LogP contribution in [0.1, 0.15) is 20.3 Å². The van der Waals surface area contributed by atoms with Crippen LogP contribution in [0.5, 0.6) is 0 Å². The van der Waals surface area contributed by atoms with Crippen LogP contribution in [-0.4, -0.2) is 11.7 Å². The predicted octanol–water partition coefficient (Wildman–Crippen LogP) is 1.88. The molecule has 0 saturated carbocycles. The number of aliphatic hydroxyl groups excluding tert-OH is 1. The molecule has 9 heavy (non-hydrogen) atoms. The first kappa shape index (κ1) is 8.63. The molecule has 0 aliphatic heterocycles. The Hall–Kier alpha value is -0.370. The summed E-state index contributed by atoms with van der Waals surface area (Å²) in [5.74, 6) is 0.0333. The first-order valence-electron chi connectivity index (χ1n) is 3.12. The smallest absolute Gasteiger partial charge is 0.121 e. The Morgan fingerprint density at radius 2 is 2.22 bits per heavy atom. The highest BCUT2D eigenvalue weighted by atomic mass is 19.1. The fraction of sp³-hybridized carbons (Fsp3) is 0.714. The van der Waals surface area contributed by atoms with E-state index in [9.17, 15) is 4.39 Å². The van der Waals surface area contributed by atoms with E-state index in [0.717, 1.165) is 0 Å². The summed E-state index contributed by atoms with van der Waals surface area (Å²) in [5, 5.41) is 8.20. The van der Waals surface area contributed by atoms with Crippen molar-refractivity contribution in [2.75, 3.05) is 6.61 Å². The molecule has 1 N–H and O–H groups in total. The lowest BCUT2D eigenvalue weighted by atomic mass is 10.1. The number of hydrogen-bond donors (Lipinski definition) is 1. The van der Waals surface area contributed by atoms with Crippen LogP contribution in [0, 0.1) is 5.92 Å². The fourth-order valence-electron chi connectivity index (χ4n) is 0.428. The molecule has 1 nitrogen and oxygen atoms in total. The second-order valence-corrected chi connectivity index (χ2v) is 2.44. The van der Waals surface area contributed by atoms with Gasteiger partial charge < -0.3 is 5.11 Å². The molecule has 0 fully saturated rings. The van der Waals surface area contributed by atoms with Gasteiger partial charge >= 0.3 is 0 Å². The standard InChI is InChI=1S/C7H13FO/c1-6(2)3-4-7(8)5-9/h4,6,9H,3,5H2,1-2H3. The number of hydrogen-bond acceptors (Lipinski definition) is 1. The van der Waals surface area contributed by atoms with Crippen molar-refractivity contribution in [3.63, 3.8) is 0 Å². The fourth-order valence-corrected chi connectivity index (χ4v) is 0.428. The van der Waals surface area contributed by atoms with Gasteiger partial charge in [0.15, 0.2) is 0 Å². The summed E-state index contributed by atoms with van der Waals surface area (Å²) in [6.45, 7) is 3.54. The van der Waals surface area contributed by atoms with Crippen LogP contribution in [0.4, 0.5) is 4.39 Å². The second kappa shape index (κ2) is 4.50. The van der Waals surface area contributed by atoms with Crippen LogP contribution in [0.15, 0.2) is 11.9 Å². The highest BCUT2D eigenvalue weighted by Crippen LogP contribution is 2.04. The Bertz CT molecular complexity index is 97.1. The van der Waals surface area contributed by atoms with Crippen LogP contribution in [0.3, 0.4) is 0 Å². The molecule has 0 aromatic rings. The summed E-state index contributed by atoms with van der Waals surface area (Å²) in [4.78, 5) is 0. The first-order chi connectivity index (χ1) is 4.16. The molecule has 0 bridgehead atoms. The van der Waals surface area contributed by atoms with Gasteiger partial charge in [-0.1, -0.05) is 19.9 Å². The first-order valence-corrected chi connectivity index (χ1v) is 3.12. The van der Waals surface area contributed by atoms with Gasteiger partial charge in [0.1, 0.15) is 5.83 Å². The van der Waals surface area contributed by atoms with E-state index in [1.165, 1.54) is 6.08 Å². The van der Waals surface area contributed by atoms with Crippen LogP contribution in [0.25, 0.3) is 0 Å². The number of aliphatic hydroxyl groups is 1. The number of allylic oxidation sites excluding steroid dienone is 1. The van der Waals surface area contributed by atoms with E-state index in [-0.39, 0.29) is 0 Å². The van der Waals surface area contributed by atoms with Gasteiger partial charge in [-0.3, -0.25) is 0 Å². The average Bonchev–Trinajstić information content (AvgIpc) is 1.83. The Morgan fingerprint density at radius 3 is 2.56 bits per heavy atom. The minimum atomic E-state index is -0.466. The van der Waals surface area contributed by atoms with E-state index in [1.54, 1.807) is 0 Å². The van der Waals surface area contributed by atoms with Crippen molar-refractivity contribution < 1.29 is 9.50 Å². The maximum Gasteiger partial charge on any atom is 0.121 e. The molecular formula is C7H13FO. The van der Waals surface area contributed by atoms with Crippen molar-refractivity contribution >= 4 is 0 Å². The van der Waals surface area contributed by atoms with Crippen LogP contribution >= 0.6 is 0 Å². The monoisotopic (exact) mass is 132 g/mol. The van der Waals surface area contributed by atoms with Crippen molar-refractivity contribution in [2.45, 2.75) is 20.3 Å². The number of halogens is 1. The third-order valence-electron chi connectivity index (χ3n) is 0.962. The van der Waals surface area contributed by atoms with Crippen molar-refractivity contribution in [1.29, 1.82) is 0 Å². The molecule has 2 heteroatoms. The minimum Gasteiger partial charge on any atom is -0.389 e. The van der Waals surface area contributed by atoms with E-state index < -0.39 is 12.4 Å². The van der Waals surface area contributed by atoms with E-state index >= 15 is 0 Å². The maximum absolute atomic E-state index is 12.1. The van der Waals surface area contributed by atoms with E-state index in [0.29, 0.717) is 12.3 Å². The largest absolute Gasteiger partial charge is 0.389 e. The molecule has 0 rings (SSSR count). The van der Waals surface area contributed by atoms with Crippen molar-refractivity contribution in [3.05, 3.63) is 11.9 Å². The molecule has 54 valence electrons. The molecule has 0 unspecified atom stereocenters. The molecule has 0 aliphatic rings. The van der Waals surface area contributed by atoms with E-state index in [1.807, 2.05) is 13.8 Å². The third kappa shape index (κ3) is 5.50. The quantitative estimate of drug-likeness (QED) is 0.621. The Kier molecular flexibility index (Phi) is 4.32. The predicted molar refractivity (Wildman–Crippen MR) is 35.7 cm³/mol. The molecule has 0 aliphatic carbocycles. The van der Waals surface area contributed by atoms with Crippen molar-refractivity contribution in [3.8, 4) is 0 Å². The van der Waals surface area contributed by atoms with Gasteiger partial charge in [0.05, 0.1) is 6.61 Å². The van der Waals surface area contributed by atoms with Crippen LogP contribution < -0.4 is 0 Å². The highest BCUT2D eigenvalue weighted by molar-refractivity contribution is 4.91. The summed E-state index contributed by atoms with van der Waals surface area (Å²) in [5.41, 5.74) is 0. The molecule has 0 heterocycles. The SMILES string of the molecule is CC(C)CC=C(F)CO. The average molecular weight is 132 g/mol. The van der Waals surface area contributed by atoms with Gasteiger partial charge in [-0.2, -0.15) is 0 Å². The zero-order chi connectivity index (χ0) is 7.28. The van der Waals surface area contributed by atoms with Gasteiger partial charge in [-0.15, -0.1) is 0 Å². The normalized spacial score (nSPS) is 12.8. The Morgan fingerprint density at radius 1 is 1.67 bits per heavy atom. The molecular weight excluding hydrogens is 119 g/mol.